The lowest BCUT2D eigenvalue weighted by atomic mass is 10.1. The van der Waals surface area contributed by atoms with Crippen molar-refractivity contribution < 1.29 is 4.42 Å². The molecule has 1 aliphatic carbocycles. The second kappa shape index (κ2) is 6.46. The molecule has 3 rings (SSSR count). The van der Waals surface area contributed by atoms with Crippen LogP contribution in [0.25, 0.3) is 0 Å². The van der Waals surface area contributed by atoms with Gasteiger partial charge >= 0.3 is 0 Å². The summed E-state index contributed by atoms with van der Waals surface area (Å²) in [5, 5.41) is 3.55. The number of hydrogen-bond acceptors (Lipinski definition) is 3. The SMILES string of the molecule is Cc1ccc(CN(C)Cc2ccc(CNC3CC3)cc2)o1. The summed E-state index contributed by atoms with van der Waals surface area (Å²) in [5.41, 5.74) is 2.71. The second-order valence-electron chi connectivity index (χ2n) is 6.16. The molecule has 0 spiro atoms. The Morgan fingerprint density at radius 3 is 2.38 bits per heavy atom. The summed E-state index contributed by atoms with van der Waals surface area (Å²) in [6.07, 6.45) is 2.68. The predicted octanol–water partition coefficient (Wildman–Crippen LogP) is 3.47. The van der Waals surface area contributed by atoms with Crippen LogP contribution in [0, 0.1) is 6.92 Å². The fraction of sp³-hybridized carbons (Fsp3) is 0.444. The van der Waals surface area contributed by atoms with Gasteiger partial charge in [0.2, 0.25) is 0 Å². The van der Waals surface area contributed by atoms with Gasteiger partial charge in [0.05, 0.1) is 6.54 Å². The van der Waals surface area contributed by atoms with E-state index in [2.05, 4.69) is 47.6 Å². The molecule has 1 N–H and O–H groups in total. The molecule has 1 aliphatic rings. The molecule has 21 heavy (non-hydrogen) atoms. The summed E-state index contributed by atoms with van der Waals surface area (Å²) in [6, 6.07) is 13.8. The first-order valence-electron chi connectivity index (χ1n) is 7.74. The number of nitrogens with one attached hydrogen (secondary N) is 1. The predicted molar refractivity (Wildman–Crippen MR) is 84.9 cm³/mol. The summed E-state index contributed by atoms with van der Waals surface area (Å²) in [5.74, 6) is 2.01. The van der Waals surface area contributed by atoms with Crippen molar-refractivity contribution in [2.45, 2.75) is 45.4 Å². The van der Waals surface area contributed by atoms with Gasteiger partial charge in [-0.25, -0.2) is 0 Å². The van der Waals surface area contributed by atoms with E-state index in [4.69, 9.17) is 4.42 Å². The summed E-state index contributed by atoms with van der Waals surface area (Å²) in [6.45, 7) is 4.76. The molecule has 3 heteroatoms. The van der Waals surface area contributed by atoms with Crippen molar-refractivity contribution in [3.8, 4) is 0 Å². The maximum atomic E-state index is 5.62. The van der Waals surface area contributed by atoms with Gasteiger partial charge in [0, 0.05) is 19.1 Å². The van der Waals surface area contributed by atoms with Crippen molar-refractivity contribution in [2.24, 2.45) is 0 Å². The average molecular weight is 284 g/mol. The van der Waals surface area contributed by atoms with Crippen LogP contribution in [0.5, 0.6) is 0 Å². The minimum Gasteiger partial charge on any atom is -0.465 e. The van der Waals surface area contributed by atoms with Crippen LogP contribution in [-0.4, -0.2) is 18.0 Å². The Labute approximate surface area is 127 Å². The molecule has 0 amide bonds. The van der Waals surface area contributed by atoms with Crippen LogP contribution in [0.4, 0.5) is 0 Å². The Morgan fingerprint density at radius 2 is 1.76 bits per heavy atom. The van der Waals surface area contributed by atoms with E-state index in [1.54, 1.807) is 0 Å². The fourth-order valence-electron chi connectivity index (χ4n) is 2.52. The van der Waals surface area contributed by atoms with Gasteiger partial charge in [0.25, 0.3) is 0 Å². The third-order valence-corrected chi connectivity index (χ3v) is 3.87. The standard InChI is InChI=1S/C18H24N2O/c1-14-3-10-18(21-14)13-20(2)12-16-6-4-15(5-7-16)11-19-17-8-9-17/h3-7,10,17,19H,8-9,11-13H2,1-2H3. The topological polar surface area (TPSA) is 28.4 Å². The number of aryl methyl sites for hydroxylation is 1. The van der Waals surface area contributed by atoms with Gasteiger partial charge in [-0.2, -0.15) is 0 Å². The lowest BCUT2D eigenvalue weighted by molar-refractivity contribution is 0.285. The summed E-state index contributed by atoms with van der Waals surface area (Å²) in [7, 11) is 2.13. The molecule has 1 aromatic carbocycles. The molecule has 0 radical (unpaired) electrons. The van der Waals surface area contributed by atoms with Crippen LogP contribution < -0.4 is 5.32 Å². The monoisotopic (exact) mass is 284 g/mol. The summed E-state index contributed by atoms with van der Waals surface area (Å²) >= 11 is 0. The Balaban J connectivity index is 1.49. The van der Waals surface area contributed by atoms with Crippen LogP contribution in [0.1, 0.15) is 35.5 Å². The normalized spacial score (nSPS) is 14.8. The molecule has 0 aliphatic heterocycles. The lowest BCUT2D eigenvalue weighted by Gasteiger charge is -2.15. The molecule has 3 nitrogen and oxygen atoms in total. The molecule has 0 unspecified atom stereocenters. The first kappa shape index (κ1) is 14.4. The summed E-state index contributed by atoms with van der Waals surface area (Å²) in [4.78, 5) is 2.27. The van der Waals surface area contributed by atoms with E-state index in [1.165, 1.54) is 24.0 Å². The van der Waals surface area contributed by atoms with E-state index in [0.29, 0.717) is 0 Å². The molecule has 1 fully saturated rings. The van der Waals surface area contributed by atoms with Gasteiger partial charge in [-0.15, -0.1) is 0 Å². The molecule has 112 valence electrons. The molecule has 2 aromatic rings. The highest BCUT2D eigenvalue weighted by atomic mass is 16.3. The average Bonchev–Trinajstić information content (AvgIpc) is 3.21. The number of nitrogens with zero attached hydrogens (tertiary/aromatic N) is 1. The minimum absolute atomic E-state index is 0.771. The molecule has 0 atom stereocenters. The van der Waals surface area contributed by atoms with Crippen LogP contribution in [0.15, 0.2) is 40.8 Å². The third kappa shape index (κ3) is 4.45. The maximum absolute atomic E-state index is 5.62. The Hall–Kier alpha value is -1.58. The van der Waals surface area contributed by atoms with Crippen molar-refractivity contribution in [1.82, 2.24) is 10.2 Å². The highest BCUT2D eigenvalue weighted by molar-refractivity contribution is 5.22. The third-order valence-electron chi connectivity index (χ3n) is 3.87. The summed E-state index contributed by atoms with van der Waals surface area (Å²) < 4.78 is 5.62. The van der Waals surface area contributed by atoms with Crippen LogP contribution in [0.3, 0.4) is 0 Å². The van der Waals surface area contributed by atoms with Crippen molar-refractivity contribution >= 4 is 0 Å². The van der Waals surface area contributed by atoms with Gasteiger partial charge in [-0.05, 0) is 50.1 Å². The lowest BCUT2D eigenvalue weighted by Crippen LogP contribution is -2.17. The van der Waals surface area contributed by atoms with Gasteiger partial charge in [0.15, 0.2) is 0 Å². The van der Waals surface area contributed by atoms with E-state index in [1.807, 2.05) is 13.0 Å². The van der Waals surface area contributed by atoms with Gasteiger partial charge in [-0.1, -0.05) is 24.3 Å². The van der Waals surface area contributed by atoms with E-state index in [9.17, 15) is 0 Å². The zero-order valence-electron chi connectivity index (χ0n) is 12.9. The Bertz CT molecular complexity index is 569. The van der Waals surface area contributed by atoms with Crippen molar-refractivity contribution in [2.75, 3.05) is 7.05 Å². The molecule has 0 bridgehead atoms. The number of benzene rings is 1. The number of furan rings is 1. The van der Waals surface area contributed by atoms with Crippen LogP contribution >= 0.6 is 0 Å². The molecule has 1 heterocycles. The second-order valence-corrected chi connectivity index (χ2v) is 6.16. The van der Waals surface area contributed by atoms with Crippen LogP contribution in [0.2, 0.25) is 0 Å². The Morgan fingerprint density at radius 1 is 1.05 bits per heavy atom. The minimum atomic E-state index is 0.771. The van der Waals surface area contributed by atoms with Gasteiger partial charge in [0.1, 0.15) is 11.5 Å². The number of rotatable bonds is 7. The first-order valence-corrected chi connectivity index (χ1v) is 7.74. The smallest absolute Gasteiger partial charge is 0.118 e. The van der Waals surface area contributed by atoms with Crippen LogP contribution in [-0.2, 0) is 19.6 Å². The molecular weight excluding hydrogens is 260 g/mol. The highest BCUT2D eigenvalue weighted by Gasteiger charge is 2.19. The van der Waals surface area contributed by atoms with E-state index < -0.39 is 0 Å². The number of hydrogen-bond donors (Lipinski definition) is 1. The molecule has 1 aromatic heterocycles. The first-order chi connectivity index (χ1) is 10.2. The molecule has 1 saturated carbocycles. The highest BCUT2D eigenvalue weighted by Crippen LogP contribution is 2.19. The zero-order chi connectivity index (χ0) is 14.7. The van der Waals surface area contributed by atoms with Gasteiger partial charge < -0.3 is 9.73 Å². The van der Waals surface area contributed by atoms with Crippen molar-refractivity contribution in [3.05, 3.63) is 59.0 Å². The van der Waals surface area contributed by atoms with Crippen molar-refractivity contribution in [1.29, 1.82) is 0 Å². The van der Waals surface area contributed by atoms with Gasteiger partial charge in [-0.3, -0.25) is 4.90 Å². The Kier molecular flexibility index (Phi) is 4.42. The molecular formula is C18H24N2O. The quantitative estimate of drug-likeness (QED) is 0.844. The maximum Gasteiger partial charge on any atom is 0.118 e. The van der Waals surface area contributed by atoms with Crippen molar-refractivity contribution in [3.63, 3.8) is 0 Å². The fourth-order valence-corrected chi connectivity index (χ4v) is 2.52. The molecule has 0 saturated heterocycles. The largest absolute Gasteiger partial charge is 0.465 e. The van der Waals surface area contributed by atoms with E-state index in [-0.39, 0.29) is 0 Å². The van der Waals surface area contributed by atoms with E-state index in [0.717, 1.165) is 37.2 Å². The van der Waals surface area contributed by atoms with E-state index >= 15 is 0 Å². The zero-order valence-corrected chi connectivity index (χ0v) is 12.9.